The van der Waals surface area contributed by atoms with Crippen LogP contribution in [0.1, 0.15) is 61.0 Å². The first-order chi connectivity index (χ1) is 17.8. The highest BCUT2D eigenvalue weighted by molar-refractivity contribution is 6.63. The normalized spacial score (nSPS) is 21.6. The lowest BCUT2D eigenvalue weighted by Gasteiger charge is -2.32. The quantitative estimate of drug-likeness (QED) is 0.344. The zero-order valence-electron chi connectivity index (χ0n) is 23.8. The predicted octanol–water partition coefficient (Wildman–Crippen LogP) is 5.44. The molecule has 0 radical (unpaired) electrons. The summed E-state index contributed by atoms with van der Waals surface area (Å²) in [7, 11) is -0.827. The molecule has 3 aromatic carbocycles. The van der Waals surface area contributed by atoms with Gasteiger partial charge in [-0.25, -0.2) is 0 Å². The molecule has 0 aliphatic carbocycles. The van der Waals surface area contributed by atoms with Crippen LogP contribution in [-0.4, -0.2) is 41.2 Å². The fraction of sp³-hybridized carbons (Fsp3) is 0.419. The average molecular weight is 509 g/mol. The molecule has 0 N–H and O–H groups in total. The Bertz CT molecular complexity index is 1400. The number of fused-ring (bicyclic) bond motifs is 3. The molecule has 2 saturated heterocycles. The molecule has 0 bridgehead atoms. The minimum atomic E-state index is -0.414. The summed E-state index contributed by atoms with van der Waals surface area (Å²) < 4.78 is 28.0. The van der Waals surface area contributed by atoms with Crippen molar-refractivity contribution in [3.05, 3.63) is 72.3 Å². The van der Waals surface area contributed by atoms with Gasteiger partial charge in [0.05, 0.1) is 22.4 Å². The topological polar surface area (TPSA) is 41.9 Å². The maximum Gasteiger partial charge on any atom is 0.494 e. The minimum absolute atomic E-state index is 0.391. The highest BCUT2D eigenvalue weighted by atomic mass is 16.7. The molecule has 0 saturated carbocycles. The molecular formula is C31H37B2NO4. The lowest BCUT2D eigenvalue weighted by Crippen LogP contribution is -2.41. The number of aromatic nitrogens is 1. The minimum Gasteiger partial charge on any atom is -0.399 e. The highest BCUT2D eigenvalue weighted by Gasteiger charge is 2.52. The fourth-order valence-corrected chi connectivity index (χ4v) is 5.33. The first-order valence-corrected chi connectivity index (χ1v) is 13.6. The Hall–Kier alpha value is -2.57. The molecule has 5 nitrogen and oxygen atoms in total. The van der Waals surface area contributed by atoms with Crippen molar-refractivity contribution in [2.24, 2.45) is 0 Å². The van der Waals surface area contributed by atoms with Crippen LogP contribution in [-0.2, 0) is 25.2 Å². The molecule has 0 spiro atoms. The molecule has 2 fully saturated rings. The average Bonchev–Trinajstić information content (AvgIpc) is 3.36. The van der Waals surface area contributed by atoms with Crippen molar-refractivity contribution in [3.63, 3.8) is 0 Å². The van der Waals surface area contributed by atoms with E-state index in [1.807, 2.05) is 0 Å². The number of hydrogen-bond donors (Lipinski definition) is 0. The van der Waals surface area contributed by atoms with E-state index in [0.29, 0.717) is 0 Å². The number of rotatable bonds is 4. The van der Waals surface area contributed by atoms with Crippen molar-refractivity contribution >= 4 is 47.0 Å². The van der Waals surface area contributed by atoms with Gasteiger partial charge < -0.3 is 23.2 Å². The maximum atomic E-state index is 6.40. The van der Waals surface area contributed by atoms with E-state index in [1.165, 1.54) is 27.4 Å². The van der Waals surface area contributed by atoms with Crippen LogP contribution in [0.3, 0.4) is 0 Å². The van der Waals surface area contributed by atoms with E-state index >= 15 is 0 Å². The molecule has 196 valence electrons. The second-order valence-electron chi connectivity index (χ2n) is 12.8. The number of benzene rings is 3. The van der Waals surface area contributed by atoms with E-state index in [1.54, 1.807) is 0 Å². The van der Waals surface area contributed by atoms with Crippen molar-refractivity contribution < 1.29 is 18.6 Å². The largest absolute Gasteiger partial charge is 0.494 e. The van der Waals surface area contributed by atoms with Crippen LogP contribution in [0.15, 0.2) is 66.7 Å². The SMILES string of the molecule is CC1(C)OB(c2ccc3c(c2)c2cc(B4OC(C)(C)C(C)(C)O4)ccc2n3Cc2ccccc2)OC1(C)C. The van der Waals surface area contributed by atoms with Gasteiger partial charge in [0.2, 0.25) is 0 Å². The first-order valence-electron chi connectivity index (χ1n) is 13.6. The van der Waals surface area contributed by atoms with E-state index in [9.17, 15) is 0 Å². The Morgan fingerprint density at radius 1 is 0.553 bits per heavy atom. The third-order valence-corrected chi connectivity index (χ3v) is 9.15. The second kappa shape index (κ2) is 8.46. The summed E-state index contributed by atoms with van der Waals surface area (Å²) in [5, 5.41) is 2.34. The number of nitrogens with zero attached hydrogens (tertiary/aromatic N) is 1. The van der Waals surface area contributed by atoms with Gasteiger partial charge in [0.25, 0.3) is 0 Å². The van der Waals surface area contributed by atoms with Gasteiger partial charge in [-0.15, -0.1) is 0 Å². The van der Waals surface area contributed by atoms with Crippen molar-refractivity contribution in [3.8, 4) is 0 Å². The standard InChI is InChI=1S/C31H37B2NO4/c1-28(2)29(3,4)36-32(35-28)22-14-16-26-24(18-22)25-19-23(33-37-30(5,6)31(7,8)38-33)15-17-27(25)34(26)20-21-12-10-9-11-13-21/h9-19H,20H2,1-8H3. The van der Waals surface area contributed by atoms with Gasteiger partial charge in [0.15, 0.2) is 0 Å². The molecular weight excluding hydrogens is 472 g/mol. The summed E-state index contributed by atoms with van der Waals surface area (Å²) in [6.07, 6.45) is 0. The van der Waals surface area contributed by atoms with Gasteiger partial charge >= 0.3 is 14.2 Å². The lowest BCUT2D eigenvalue weighted by atomic mass is 9.77. The van der Waals surface area contributed by atoms with E-state index in [4.69, 9.17) is 18.6 Å². The maximum absolute atomic E-state index is 6.40. The Labute approximate surface area is 226 Å². The van der Waals surface area contributed by atoms with Gasteiger partial charge in [-0.2, -0.15) is 0 Å². The monoisotopic (exact) mass is 509 g/mol. The molecule has 1 aromatic heterocycles. The Balaban J connectivity index is 1.49. The second-order valence-corrected chi connectivity index (χ2v) is 12.8. The Morgan fingerprint density at radius 3 is 1.34 bits per heavy atom. The summed E-state index contributed by atoms with van der Waals surface area (Å²) in [5.41, 5.74) is 4.10. The summed E-state index contributed by atoms with van der Waals surface area (Å²) in [6.45, 7) is 17.5. The van der Waals surface area contributed by atoms with Gasteiger partial charge in [-0.1, -0.05) is 54.6 Å². The van der Waals surface area contributed by atoms with Crippen molar-refractivity contribution in [2.75, 3.05) is 0 Å². The highest BCUT2D eigenvalue weighted by Crippen LogP contribution is 2.38. The van der Waals surface area contributed by atoms with Crippen LogP contribution in [0.4, 0.5) is 0 Å². The number of hydrogen-bond acceptors (Lipinski definition) is 4. The van der Waals surface area contributed by atoms with E-state index < -0.39 is 36.6 Å². The van der Waals surface area contributed by atoms with Gasteiger partial charge in [-0.05, 0) is 84.0 Å². The van der Waals surface area contributed by atoms with Gasteiger partial charge in [-0.3, -0.25) is 0 Å². The molecule has 38 heavy (non-hydrogen) atoms. The summed E-state index contributed by atoms with van der Waals surface area (Å²) in [5.74, 6) is 0. The molecule has 0 unspecified atom stereocenters. The molecule has 0 amide bonds. The van der Waals surface area contributed by atoms with Crippen molar-refractivity contribution in [1.82, 2.24) is 4.57 Å². The molecule has 3 heterocycles. The lowest BCUT2D eigenvalue weighted by molar-refractivity contribution is 0.00578. The summed E-state index contributed by atoms with van der Waals surface area (Å²) in [4.78, 5) is 0. The first kappa shape index (κ1) is 25.7. The summed E-state index contributed by atoms with van der Waals surface area (Å²) in [6, 6.07) is 23.7. The Kier molecular flexibility index (Phi) is 5.72. The van der Waals surface area contributed by atoms with Crippen LogP contribution in [0.25, 0.3) is 21.8 Å². The van der Waals surface area contributed by atoms with E-state index in [0.717, 1.165) is 17.5 Å². The molecule has 2 aliphatic heterocycles. The van der Waals surface area contributed by atoms with Crippen molar-refractivity contribution in [2.45, 2.75) is 84.3 Å². The zero-order valence-corrected chi connectivity index (χ0v) is 23.8. The van der Waals surface area contributed by atoms with Gasteiger partial charge in [0, 0.05) is 28.4 Å². The van der Waals surface area contributed by atoms with E-state index in [-0.39, 0.29) is 0 Å². The Morgan fingerprint density at radius 2 is 0.947 bits per heavy atom. The van der Waals surface area contributed by atoms with Crippen molar-refractivity contribution in [1.29, 1.82) is 0 Å². The summed E-state index contributed by atoms with van der Waals surface area (Å²) >= 11 is 0. The zero-order chi connectivity index (χ0) is 27.1. The molecule has 0 atom stereocenters. The van der Waals surface area contributed by atoms with E-state index in [2.05, 4.69) is 127 Å². The van der Waals surface area contributed by atoms with Crippen LogP contribution in [0.5, 0.6) is 0 Å². The molecule has 7 heteroatoms. The van der Waals surface area contributed by atoms with Crippen LogP contribution in [0.2, 0.25) is 0 Å². The molecule has 4 aromatic rings. The predicted molar refractivity (Wildman–Crippen MR) is 156 cm³/mol. The van der Waals surface area contributed by atoms with Gasteiger partial charge in [0.1, 0.15) is 0 Å². The molecule has 6 rings (SSSR count). The smallest absolute Gasteiger partial charge is 0.399 e. The van der Waals surface area contributed by atoms with Crippen LogP contribution in [0, 0.1) is 0 Å². The van der Waals surface area contributed by atoms with Crippen LogP contribution < -0.4 is 10.9 Å². The third-order valence-electron chi connectivity index (χ3n) is 9.15. The molecule has 2 aliphatic rings. The fourth-order valence-electron chi connectivity index (χ4n) is 5.33. The third kappa shape index (κ3) is 4.03. The van der Waals surface area contributed by atoms with Crippen LogP contribution >= 0.6 is 0 Å².